The number of hydrogen-bond acceptors (Lipinski definition) is 4. The Morgan fingerprint density at radius 1 is 1.45 bits per heavy atom. The second-order valence-electron chi connectivity index (χ2n) is 6.27. The van der Waals surface area contributed by atoms with Crippen LogP contribution in [0.5, 0.6) is 0 Å². The molecule has 2 unspecified atom stereocenters. The highest BCUT2D eigenvalue weighted by Gasteiger charge is 2.40. The van der Waals surface area contributed by atoms with Gasteiger partial charge < -0.3 is 15.6 Å². The Bertz CT molecular complexity index is 472. The average Bonchev–Trinajstić information content (AvgIpc) is 2.81. The lowest BCUT2D eigenvalue weighted by atomic mass is 9.65. The molecule has 6 nitrogen and oxygen atoms in total. The van der Waals surface area contributed by atoms with E-state index >= 15 is 0 Å². The molecule has 2 aliphatic rings. The Balaban J connectivity index is 1.57. The first kappa shape index (κ1) is 13.5. The molecule has 2 atom stereocenters. The highest BCUT2D eigenvalue weighted by Crippen LogP contribution is 2.41. The zero-order valence-electron chi connectivity index (χ0n) is 12.0. The van der Waals surface area contributed by atoms with E-state index in [1.165, 1.54) is 19.3 Å². The second-order valence-corrected chi connectivity index (χ2v) is 6.27. The fourth-order valence-corrected chi connectivity index (χ4v) is 3.78. The average molecular weight is 277 g/mol. The molecule has 2 fully saturated rings. The molecule has 1 amide bonds. The van der Waals surface area contributed by atoms with Gasteiger partial charge in [0, 0.05) is 19.0 Å². The predicted molar refractivity (Wildman–Crippen MR) is 74.4 cm³/mol. The molecule has 0 radical (unpaired) electrons. The molecule has 1 heterocycles. The summed E-state index contributed by atoms with van der Waals surface area (Å²) in [6, 6.07) is 0.312. The number of hydrogen-bond donors (Lipinski definition) is 2. The number of nitrogens with one attached hydrogen (secondary N) is 1. The van der Waals surface area contributed by atoms with Gasteiger partial charge >= 0.3 is 0 Å². The third-order valence-electron chi connectivity index (χ3n) is 5.01. The maximum atomic E-state index is 12.3. The molecular formula is C14H23N5O. The van der Waals surface area contributed by atoms with E-state index in [-0.39, 0.29) is 11.8 Å². The van der Waals surface area contributed by atoms with Crippen molar-refractivity contribution in [3.63, 3.8) is 0 Å². The third-order valence-corrected chi connectivity index (χ3v) is 5.01. The summed E-state index contributed by atoms with van der Waals surface area (Å²) in [5.74, 6) is 2.13. The van der Waals surface area contributed by atoms with Gasteiger partial charge in [-0.15, -0.1) is 10.2 Å². The van der Waals surface area contributed by atoms with Crippen molar-refractivity contribution in [3.05, 3.63) is 12.2 Å². The Morgan fingerprint density at radius 2 is 2.15 bits per heavy atom. The summed E-state index contributed by atoms with van der Waals surface area (Å²) in [6.45, 7) is 0.452. The minimum absolute atomic E-state index is 0.123. The summed E-state index contributed by atoms with van der Waals surface area (Å²) < 4.78 is 1.83. The van der Waals surface area contributed by atoms with Crippen LogP contribution >= 0.6 is 0 Å². The minimum atomic E-state index is 0.123. The standard InChI is InChI=1S/C14H23N5O/c1-19-8-17-18-12(19)7-16-14(20)11-5-9-3-2-4-10(6-11)13(9)15/h8-11,13H,2-7,15H2,1H3,(H,16,20). The van der Waals surface area contributed by atoms with E-state index in [1.54, 1.807) is 6.33 Å². The van der Waals surface area contributed by atoms with Gasteiger partial charge in [-0.2, -0.15) is 0 Å². The van der Waals surface area contributed by atoms with Crippen LogP contribution in [0.1, 0.15) is 37.9 Å². The number of aromatic nitrogens is 3. The Hall–Kier alpha value is -1.43. The van der Waals surface area contributed by atoms with Gasteiger partial charge in [0.15, 0.2) is 5.82 Å². The molecule has 0 aliphatic heterocycles. The van der Waals surface area contributed by atoms with Gasteiger partial charge in [-0.05, 0) is 37.5 Å². The molecule has 2 saturated carbocycles. The Kier molecular flexibility index (Phi) is 3.74. The van der Waals surface area contributed by atoms with Crippen molar-refractivity contribution in [2.45, 2.75) is 44.7 Å². The molecule has 0 spiro atoms. The van der Waals surface area contributed by atoms with Crippen LogP contribution < -0.4 is 11.1 Å². The second kappa shape index (κ2) is 5.52. The lowest BCUT2D eigenvalue weighted by Crippen LogP contribution is -2.49. The summed E-state index contributed by atoms with van der Waals surface area (Å²) in [5.41, 5.74) is 6.26. The van der Waals surface area contributed by atoms with Gasteiger partial charge in [-0.1, -0.05) is 6.42 Å². The van der Waals surface area contributed by atoms with Gasteiger partial charge in [-0.3, -0.25) is 4.79 Å². The van der Waals surface area contributed by atoms with Gasteiger partial charge in [0.1, 0.15) is 6.33 Å². The van der Waals surface area contributed by atoms with Crippen molar-refractivity contribution in [2.24, 2.45) is 30.5 Å². The van der Waals surface area contributed by atoms with Crippen LogP contribution in [0.25, 0.3) is 0 Å². The topological polar surface area (TPSA) is 85.8 Å². The molecule has 0 aromatic carbocycles. The predicted octanol–water partition coefficient (Wildman–Crippen LogP) is 0.585. The first-order valence-electron chi connectivity index (χ1n) is 7.51. The van der Waals surface area contributed by atoms with E-state index in [2.05, 4.69) is 15.5 Å². The molecule has 2 bridgehead atoms. The fourth-order valence-electron chi connectivity index (χ4n) is 3.78. The van der Waals surface area contributed by atoms with Gasteiger partial charge in [0.25, 0.3) is 0 Å². The highest BCUT2D eigenvalue weighted by molar-refractivity contribution is 5.78. The van der Waals surface area contributed by atoms with Gasteiger partial charge in [0.05, 0.1) is 6.54 Å². The first-order chi connectivity index (χ1) is 9.65. The third kappa shape index (κ3) is 2.57. The van der Waals surface area contributed by atoms with Crippen molar-refractivity contribution in [3.8, 4) is 0 Å². The number of carbonyl (C=O) groups excluding carboxylic acids is 1. The van der Waals surface area contributed by atoms with Crippen LogP contribution in [0.2, 0.25) is 0 Å². The van der Waals surface area contributed by atoms with Crippen LogP contribution in [0.15, 0.2) is 6.33 Å². The van der Waals surface area contributed by atoms with E-state index in [4.69, 9.17) is 5.73 Å². The van der Waals surface area contributed by atoms with E-state index in [1.807, 2.05) is 11.6 Å². The molecule has 6 heteroatoms. The normalized spacial score (nSPS) is 32.9. The number of carbonyl (C=O) groups is 1. The number of aryl methyl sites for hydroxylation is 1. The van der Waals surface area contributed by atoms with Gasteiger partial charge in [0.2, 0.25) is 5.91 Å². The molecule has 0 saturated heterocycles. The number of rotatable bonds is 3. The lowest BCUT2D eigenvalue weighted by molar-refractivity contribution is -0.128. The van der Waals surface area contributed by atoms with E-state index in [0.717, 1.165) is 18.7 Å². The summed E-state index contributed by atoms with van der Waals surface area (Å²) in [6.07, 6.45) is 7.18. The Morgan fingerprint density at radius 3 is 2.75 bits per heavy atom. The molecule has 20 heavy (non-hydrogen) atoms. The van der Waals surface area contributed by atoms with Crippen molar-refractivity contribution < 1.29 is 4.79 Å². The zero-order valence-corrected chi connectivity index (χ0v) is 12.0. The lowest BCUT2D eigenvalue weighted by Gasteiger charge is -2.43. The number of amides is 1. The summed E-state index contributed by atoms with van der Waals surface area (Å²) in [5, 5.41) is 10.8. The summed E-state index contributed by atoms with van der Waals surface area (Å²) in [7, 11) is 1.88. The zero-order chi connectivity index (χ0) is 14.1. The minimum Gasteiger partial charge on any atom is -0.349 e. The molecular weight excluding hydrogens is 254 g/mol. The number of nitrogens with zero attached hydrogens (tertiary/aromatic N) is 3. The van der Waals surface area contributed by atoms with Crippen molar-refractivity contribution >= 4 is 5.91 Å². The maximum absolute atomic E-state index is 12.3. The first-order valence-corrected chi connectivity index (χ1v) is 7.51. The fraction of sp³-hybridized carbons (Fsp3) is 0.786. The van der Waals surface area contributed by atoms with E-state index in [0.29, 0.717) is 24.4 Å². The molecule has 3 N–H and O–H groups in total. The van der Waals surface area contributed by atoms with Gasteiger partial charge in [-0.25, -0.2) is 0 Å². The SMILES string of the molecule is Cn1cnnc1CNC(=O)C1CC2CCCC(C1)C2N. The van der Waals surface area contributed by atoms with Crippen molar-refractivity contribution in [2.75, 3.05) is 0 Å². The van der Waals surface area contributed by atoms with E-state index < -0.39 is 0 Å². The monoisotopic (exact) mass is 277 g/mol. The summed E-state index contributed by atoms with van der Waals surface area (Å²) >= 11 is 0. The van der Waals surface area contributed by atoms with Crippen molar-refractivity contribution in [1.29, 1.82) is 0 Å². The largest absolute Gasteiger partial charge is 0.349 e. The van der Waals surface area contributed by atoms with Crippen LogP contribution in [0.3, 0.4) is 0 Å². The number of nitrogens with two attached hydrogens (primary N) is 1. The van der Waals surface area contributed by atoms with Crippen LogP contribution in [-0.4, -0.2) is 26.7 Å². The smallest absolute Gasteiger partial charge is 0.223 e. The molecule has 3 rings (SSSR count). The molecule has 1 aromatic heterocycles. The molecule has 2 aliphatic carbocycles. The Labute approximate surface area is 119 Å². The number of fused-ring (bicyclic) bond motifs is 2. The maximum Gasteiger partial charge on any atom is 0.223 e. The molecule has 1 aromatic rings. The van der Waals surface area contributed by atoms with Crippen LogP contribution in [-0.2, 0) is 18.4 Å². The quantitative estimate of drug-likeness (QED) is 0.846. The summed E-state index contributed by atoms with van der Waals surface area (Å²) in [4.78, 5) is 12.3. The molecule has 110 valence electrons. The highest BCUT2D eigenvalue weighted by atomic mass is 16.1. The van der Waals surface area contributed by atoms with E-state index in [9.17, 15) is 4.79 Å². The van der Waals surface area contributed by atoms with Crippen molar-refractivity contribution in [1.82, 2.24) is 20.1 Å². The van der Waals surface area contributed by atoms with Crippen LogP contribution in [0, 0.1) is 17.8 Å². The van der Waals surface area contributed by atoms with Crippen LogP contribution in [0.4, 0.5) is 0 Å².